The standard InChI is InChI=1S/C11H18O3/c1-3-4-8-7-9(11(13)14-2)5-6-10(8)12/h3,8-10,12H,1,4-7H2,2H3/t8-,9+,10+/m0/s1. The number of esters is 1. The normalized spacial score (nSPS) is 32.3. The molecular formula is C11H18O3. The van der Waals surface area contributed by atoms with E-state index in [1.54, 1.807) is 6.08 Å². The average Bonchev–Trinajstić information content (AvgIpc) is 2.20. The largest absolute Gasteiger partial charge is 0.469 e. The minimum absolute atomic E-state index is 0.0339. The van der Waals surface area contributed by atoms with Crippen molar-refractivity contribution >= 4 is 5.97 Å². The summed E-state index contributed by atoms with van der Waals surface area (Å²) >= 11 is 0. The quantitative estimate of drug-likeness (QED) is 0.552. The van der Waals surface area contributed by atoms with Gasteiger partial charge in [-0.05, 0) is 31.6 Å². The van der Waals surface area contributed by atoms with Crippen LogP contribution in [0.2, 0.25) is 0 Å². The average molecular weight is 198 g/mol. The van der Waals surface area contributed by atoms with Crippen LogP contribution in [0.25, 0.3) is 0 Å². The van der Waals surface area contributed by atoms with Crippen molar-refractivity contribution in [3.8, 4) is 0 Å². The third-order valence-corrected chi connectivity index (χ3v) is 2.95. The minimum atomic E-state index is -0.283. The predicted molar refractivity (Wildman–Crippen MR) is 53.7 cm³/mol. The molecule has 0 amide bonds. The van der Waals surface area contributed by atoms with Crippen molar-refractivity contribution in [1.82, 2.24) is 0 Å². The van der Waals surface area contributed by atoms with Gasteiger partial charge in [0.15, 0.2) is 0 Å². The van der Waals surface area contributed by atoms with Gasteiger partial charge in [0.2, 0.25) is 0 Å². The minimum Gasteiger partial charge on any atom is -0.469 e. The first-order valence-electron chi connectivity index (χ1n) is 5.05. The van der Waals surface area contributed by atoms with Gasteiger partial charge < -0.3 is 9.84 Å². The zero-order valence-corrected chi connectivity index (χ0v) is 8.61. The van der Waals surface area contributed by atoms with Gasteiger partial charge in [0.25, 0.3) is 0 Å². The first kappa shape index (κ1) is 11.2. The van der Waals surface area contributed by atoms with Crippen molar-refractivity contribution in [3.63, 3.8) is 0 Å². The smallest absolute Gasteiger partial charge is 0.308 e. The first-order valence-corrected chi connectivity index (χ1v) is 5.05. The lowest BCUT2D eigenvalue weighted by molar-refractivity contribution is -0.148. The third-order valence-electron chi connectivity index (χ3n) is 2.95. The summed E-state index contributed by atoms with van der Waals surface area (Å²) in [6, 6.07) is 0. The molecule has 0 aromatic rings. The molecule has 0 aromatic heterocycles. The van der Waals surface area contributed by atoms with Gasteiger partial charge in [0, 0.05) is 0 Å². The Hall–Kier alpha value is -0.830. The lowest BCUT2D eigenvalue weighted by atomic mass is 9.78. The topological polar surface area (TPSA) is 46.5 Å². The van der Waals surface area contributed by atoms with Crippen molar-refractivity contribution in [2.24, 2.45) is 11.8 Å². The highest BCUT2D eigenvalue weighted by Gasteiger charge is 2.32. The highest BCUT2D eigenvalue weighted by atomic mass is 16.5. The van der Waals surface area contributed by atoms with E-state index >= 15 is 0 Å². The molecule has 0 aromatic carbocycles. The molecule has 1 rings (SSSR count). The van der Waals surface area contributed by atoms with Crippen LogP contribution in [0.3, 0.4) is 0 Å². The first-order chi connectivity index (χ1) is 6.69. The molecule has 3 nitrogen and oxygen atoms in total. The molecule has 1 aliphatic rings. The maximum absolute atomic E-state index is 11.3. The Morgan fingerprint density at radius 1 is 1.64 bits per heavy atom. The van der Waals surface area contributed by atoms with Crippen LogP contribution in [0.1, 0.15) is 25.7 Å². The molecule has 14 heavy (non-hydrogen) atoms. The Kier molecular flexibility index (Phi) is 4.14. The van der Waals surface area contributed by atoms with E-state index in [2.05, 4.69) is 6.58 Å². The van der Waals surface area contributed by atoms with Crippen molar-refractivity contribution in [1.29, 1.82) is 0 Å². The van der Waals surface area contributed by atoms with Gasteiger partial charge in [-0.3, -0.25) is 4.79 Å². The van der Waals surface area contributed by atoms with Crippen molar-refractivity contribution in [3.05, 3.63) is 12.7 Å². The van der Waals surface area contributed by atoms with Crippen molar-refractivity contribution < 1.29 is 14.6 Å². The molecule has 0 unspecified atom stereocenters. The second-order valence-electron chi connectivity index (χ2n) is 3.88. The summed E-state index contributed by atoms with van der Waals surface area (Å²) in [5.41, 5.74) is 0. The number of allylic oxidation sites excluding steroid dienone is 1. The number of carbonyl (C=O) groups excluding carboxylic acids is 1. The van der Waals surface area contributed by atoms with Crippen molar-refractivity contribution in [2.45, 2.75) is 31.8 Å². The number of methoxy groups -OCH3 is 1. The molecule has 1 saturated carbocycles. The Labute approximate surface area is 84.8 Å². The third kappa shape index (κ3) is 2.58. The summed E-state index contributed by atoms with van der Waals surface area (Å²) in [5.74, 6) is -0.00957. The predicted octanol–water partition coefficient (Wildman–Crippen LogP) is 1.51. The molecule has 0 radical (unpaired) electrons. The van der Waals surface area contributed by atoms with Crippen LogP contribution < -0.4 is 0 Å². The van der Waals surface area contributed by atoms with E-state index in [0.717, 1.165) is 19.3 Å². The fraction of sp³-hybridized carbons (Fsp3) is 0.727. The molecule has 80 valence electrons. The lowest BCUT2D eigenvalue weighted by Gasteiger charge is -2.31. The Bertz CT molecular complexity index is 213. The molecule has 0 bridgehead atoms. The van der Waals surface area contributed by atoms with Crippen molar-refractivity contribution in [2.75, 3.05) is 7.11 Å². The Balaban J connectivity index is 2.52. The van der Waals surface area contributed by atoms with E-state index in [1.165, 1.54) is 7.11 Å². The Morgan fingerprint density at radius 2 is 2.36 bits per heavy atom. The second-order valence-corrected chi connectivity index (χ2v) is 3.88. The summed E-state index contributed by atoms with van der Waals surface area (Å²) in [6.45, 7) is 3.65. The number of aliphatic hydroxyl groups is 1. The van der Waals surface area contributed by atoms with Gasteiger partial charge in [-0.15, -0.1) is 6.58 Å². The van der Waals surface area contributed by atoms with Gasteiger partial charge in [0.1, 0.15) is 0 Å². The fourth-order valence-electron chi connectivity index (χ4n) is 2.10. The fourth-order valence-corrected chi connectivity index (χ4v) is 2.10. The number of hydrogen-bond donors (Lipinski definition) is 1. The maximum atomic E-state index is 11.3. The van der Waals surface area contributed by atoms with E-state index in [-0.39, 0.29) is 23.9 Å². The zero-order valence-electron chi connectivity index (χ0n) is 8.61. The highest BCUT2D eigenvalue weighted by molar-refractivity contribution is 5.72. The molecule has 0 saturated heterocycles. The maximum Gasteiger partial charge on any atom is 0.308 e. The number of aliphatic hydroxyl groups excluding tert-OH is 1. The van der Waals surface area contributed by atoms with Crippen LogP contribution in [0.4, 0.5) is 0 Å². The monoisotopic (exact) mass is 198 g/mol. The highest BCUT2D eigenvalue weighted by Crippen LogP contribution is 2.32. The van der Waals surface area contributed by atoms with Crippen LogP contribution >= 0.6 is 0 Å². The van der Waals surface area contributed by atoms with Gasteiger partial charge in [-0.25, -0.2) is 0 Å². The molecule has 1 N–H and O–H groups in total. The van der Waals surface area contributed by atoms with Gasteiger partial charge in [-0.2, -0.15) is 0 Å². The second kappa shape index (κ2) is 5.15. The lowest BCUT2D eigenvalue weighted by Crippen LogP contribution is -2.32. The van der Waals surface area contributed by atoms with Gasteiger partial charge in [0.05, 0.1) is 19.1 Å². The zero-order chi connectivity index (χ0) is 10.6. The number of hydrogen-bond acceptors (Lipinski definition) is 3. The van der Waals surface area contributed by atoms with Crippen LogP contribution in [0, 0.1) is 11.8 Å². The molecule has 3 heteroatoms. The molecule has 3 atom stereocenters. The molecule has 1 fully saturated rings. The van der Waals surface area contributed by atoms with Gasteiger partial charge in [-0.1, -0.05) is 6.08 Å². The SMILES string of the molecule is C=CC[C@H]1C[C@H](C(=O)OC)CC[C@H]1O. The van der Waals surface area contributed by atoms with Gasteiger partial charge >= 0.3 is 5.97 Å². The summed E-state index contributed by atoms with van der Waals surface area (Å²) < 4.78 is 4.70. The Morgan fingerprint density at radius 3 is 2.93 bits per heavy atom. The van der Waals surface area contributed by atoms with Crippen LogP contribution in [-0.2, 0) is 9.53 Å². The molecule has 0 aliphatic heterocycles. The van der Waals surface area contributed by atoms with Crippen LogP contribution in [-0.4, -0.2) is 24.3 Å². The van der Waals surface area contributed by atoms with E-state index in [9.17, 15) is 9.90 Å². The van der Waals surface area contributed by atoms with E-state index in [0.29, 0.717) is 6.42 Å². The summed E-state index contributed by atoms with van der Waals surface area (Å²) in [5, 5.41) is 9.67. The number of ether oxygens (including phenoxy) is 1. The molecule has 1 aliphatic carbocycles. The van der Waals surface area contributed by atoms with E-state index in [4.69, 9.17) is 4.74 Å². The van der Waals surface area contributed by atoms with Crippen LogP contribution in [0.15, 0.2) is 12.7 Å². The summed E-state index contributed by atoms with van der Waals surface area (Å²) in [6.07, 6.45) is 4.44. The number of rotatable bonds is 3. The summed E-state index contributed by atoms with van der Waals surface area (Å²) in [7, 11) is 1.41. The van der Waals surface area contributed by atoms with E-state index < -0.39 is 0 Å². The van der Waals surface area contributed by atoms with E-state index in [1.807, 2.05) is 0 Å². The summed E-state index contributed by atoms with van der Waals surface area (Å²) in [4.78, 5) is 11.3. The van der Waals surface area contributed by atoms with Crippen LogP contribution in [0.5, 0.6) is 0 Å². The number of carbonyl (C=O) groups is 1. The molecule has 0 spiro atoms. The molecular weight excluding hydrogens is 180 g/mol. The molecule has 0 heterocycles.